The minimum absolute atomic E-state index is 0.0928. The van der Waals surface area contributed by atoms with Gasteiger partial charge in [-0.05, 0) is 43.0 Å². The van der Waals surface area contributed by atoms with Crippen molar-refractivity contribution in [3.05, 3.63) is 47.9 Å². The Labute approximate surface area is 202 Å². The van der Waals surface area contributed by atoms with Gasteiger partial charge >= 0.3 is 0 Å². The number of nitrogens with one attached hydrogen (secondary N) is 2. The number of aldehydes is 1. The summed E-state index contributed by atoms with van der Waals surface area (Å²) >= 11 is 0. The molecule has 2 N–H and O–H groups in total. The standard InChI is InChI=1S/C25H36N6O3/c1-4-23(17-32)34-18-27-14-20(13-19(2)26-3)16-30-9-11-31(12-10-30)22-7-8-24(28-15-22)25(33)29-21-5-6-21/h7-8,13-15,17,21,23,26H,2,4-6,9-12,16,18H2,1,3H3,(H,29,33)/b20-13+,27-14-. The van der Waals surface area contributed by atoms with Gasteiger partial charge in [0.05, 0.1) is 11.9 Å². The number of ether oxygens (including phenoxy) is 1. The van der Waals surface area contributed by atoms with Gasteiger partial charge in [-0.2, -0.15) is 0 Å². The van der Waals surface area contributed by atoms with Gasteiger partial charge in [-0.25, -0.2) is 4.98 Å². The fraction of sp³-hybridized carbons (Fsp3) is 0.520. The van der Waals surface area contributed by atoms with Crippen molar-refractivity contribution in [3.8, 4) is 0 Å². The monoisotopic (exact) mass is 468 g/mol. The maximum atomic E-state index is 12.1. The number of likely N-dealkylation sites (N-methyl/N-ethyl adjacent to an activating group) is 1. The zero-order chi connectivity index (χ0) is 24.3. The summed E-state index contributed by atoms with van der Waals surface area (Å²) < 4.78 is 5.44. The summed E-state index contributed by atoms with van der Waals surface area (Å²) in [7, 11) is 1.83. The largest absolute Gasteiger partial charge is 0.389 e. The molecule has 2 aliphatic rings. The molecule has 1 amide bonds. The summed E-state index contributed by atoms with van der Waals surface area (Å²) in [6.45, 7) is 10.3. The first-order valence-electron chi connectivity index (χ1n) is 11.9. The summed E-state index contributed by atoms with van der Waals surface area (Å²) in [4.78, 5) is 36.4. The number of amides is 1. The van der Waals surface area contributed by atoms with Crippen molar-refractivity contribution < 1.29 is 14.3 Å². The highest BCUT2D eigenvalue weighted by Crippen LogP contribution is 2.20. The minimum Gasteiger partial charge on any atom is -0.389 e. The number of hydrogen-bond acceptors (Lipinski definition) is 8. The quantitative estimate of drug-likeness (QED) is 0.259. The van der Waals surface area contributed by atoms with Crippen LogP contribution in [0.2, 0.25) is 0 Å². The normalized spacial score (nSPS) is 18.1. The first-order chi connectivity index (χ1) is 16.5. The van der Waals surface area contributed by atoms with Gasteiger partial charge in [-0.15, -0.1) is 0 Å². The van der Waals surface area contributed by atoms with E-state index in [1.54, 1.807) is 18.5 Å². The molecule has 1 atom stereocenters. The molecule has 1 saturated carbocycles. The molecule has 1 aliphatic heterocycles. The summed E-state index contributed by atoms with van der Waals surface area (Å²) in [5.41, 5.74) is 3.32. The molecule has 9 heteroatoms. The number of nitrogens with zero attached hydrogens (tertiary/aromatic N) is 4. The number of carbonyl (C=O) groups is 2. The Morgan fingerprint density at radius 2 is 2.09 bits per heavy atom. The second-order valence-corrected chi connectivity index (χ2v) is 8.60. The number of aromatic nitrogens is 1. The molecule has 1 aromatic heterocycles. The van der Waals surface area contributed by atoms with Gasteiger partial charge < -0.3 is 25.1 Å². The van der Waals surface area contributed by atoms with E-state index in [1.165, 1.54) is 0 Å². The lowest BCUT2D eigenvalue weighted by Crippen LogP contribution is -2.47. The number of pyridine rings is 1. The van der Waals surface area contributed by atoms with Gasteiger partial charge in [-0.1, -0.05) is 13.5 Å². The van der Waals surface area contributed by atoms with Gasteiger partial charge in [0.2, 0.25) is 0 Å². The zero-order valence-electron chi connectivity index (χ0n) is 20.2. The summed E-state index contributed by atoms with van der Waals surface area (Å²) in [6.07, 6.45) is 8.70. The Balaban J connectivity index is 1.50. The first kappa shape index (κ1) is 25.6. The molecule has 0 aromatic carbocycles. The van der Waals surface area contributed by atoms with Crippen LogP contribution in [0.1, 0.15) is 36.7 Å². The van der Waals surface area contributed by atoms with Crippen molar-refractivity contribution in [1.29, 1.82) is 0 Å². The third kappa shape index (κ3) is 8.07. The van der Waals surface area contributed by atoms with E-state index >= 15 is 0 Å². The van der Waals surface area contributed by atoms with Gasteiger partial charge in [0, 0.05) is 57.7 Å². The van der Waals surface area contributed by atoms with Gasteiger partial charge in [-0.3, -0.25) is 14.7 Å². The highest BCUT2D eigenvalue weighted by Gasteiger charge is 2.24. The number of allylic oxidation sites excluding steroid dienone is 1. The molecule has 1 aromatic rings. The third-order valence-electron chi connectivity index (χ3n) is 5.89. The molecule has 2 fully saturated rings. The Hall–Kier alpha value is -3.04. The molecule has 1 saturated heterocycles. The Bertz CT molecular complexity index is 886. The number of rotatable bonds is 13. The second kappa shape index (κ2) is 13.0. The number of anilines is 1. The summed E-state index contributed by atoms with van der Waals surface area (Å²) in [6, 6.07) is 4.10. The van der Waals surface area contributed by atoms with Crippen molar-refractivity contribution in [2.45, 2.75) is 38.3 Å². The van der Waals surface area contributed by atoms with E-state index < -0.39 is 6.10 Å². The van der Waals surface area contributed by atoms with E-state index in [4.69, 9.17) is 4.74 Å². The number of hydrogen-bond donors (Lipinski definition) is 2. The van der Waals surface area contributed by atoms with Crippen LogP contribution in [0.25, 0.3) is 0 Å². The van der Waals surface area contributed by atoms with Crippen LogP contribution in [0.5, 0.6) is 0 Å². The van der Waals surface area contributed by atoms with Gasteiger partial charge in [0.25, 0.3) is 5.91 Å². The predicted molar refractivity (Wildman–Crippen MR) is 134 cm³/mol. The van der Waals surface area contributed by atoms with Crippen molar-refractivity contribution in [1.82, 2.24) is 20.5 Å². The number of piperazine rings is 1. The molecular weight excluding hydrogens is 432 g/mol. The Kier molecular flexibility index (Phi) is 9.78. The van der Waals surface area contributed by atoms with E-state index in [9.17, 15) is 9.59 Å². The summed E-state index contributed by atoms with van der Waals surface area (Å²) in [5, 5.41) is 6.01. The summed E-state index contributed by atoms with van der Waals surface area (Å²) in [5.74, 6) is -0.0928. The molecule has 9 nitrogen and oxygen atoms in total. The topological polar surface area (TPSA) is 99.2 Å². The zero-order valence-corrected chi connectivity index (χ0v) is 20.2. The first-order valence-corrected chi connectivity index (χ1v) is 11.9. The van der Waals surface area contributed by atoms with Crippen LogP contribution >= 0.6 is 0 Å². The number of aliphatic imine (C=N–C) groups is 1. The van der Waals surface area contributed by atoms with Crippen molar-refractivity contribution in [3.63, 3.8) is 0 Å². The van der Waals surface area contributed by atoms with E-state index in [2.05, 4.69) is 37.0 Å². The van der Waals surface area contributed by atoms with Crippen LogP contribution in [0.4, 0.5) is 5.69 Å². The molecule has 2 heterocycles. The van der Waals surface area contributed by atoms with Crippen molar-refractivity contribution in [2.24, 2.45) is 4.99 Å². The van der Waals surface area contributed by atoms with Crippen molar-refractivity contribution in [2.75, 3.05) is 51.4 Å². The van der Waals surface area contributed by atoms with Gasteiger partial charge in [0.1, 0.15) is 24.8 Å². The molecule has 3 rings (SSSR count). The van der Waals surface area contributed by atoms with E-state index in [0.717, 1.165) is 68.8 Å². The molecule has 0 radical (unpaired) electrons. The van der Waals surface area contributed by atoms with Gasteiger partial charge in [0.15, 0.2) is 0 Å². The fourth-order valence-corrected chi connectivity index (χ4v) is 3.58. The van der Waals surface area contributed by atoms with E-state index in [-0.39, 0.29) is 12.6 Å². The minimum atomic E-state index is -0.416. The van der Waals surface area contributed by atoms with Crippen LogP contribution in [-0.4, -0.2) is 86.9 Å². The smallest absolute Gasteiger partial charge is 0.270 e. The molecular formula is C25H36N6O3. The molecule has 184 valence electrons. The predicted octanol–water partition coefficient (Wildman–Crippen LogP) is 1.78. The Morgan fingerprint density at radius 1 is 1.32 bits per heavy atom. The SMILES string of the molecule is C=C(/C=C(\C=N/COC(C=O)CC)CN1CCN(c2ccc(C(=O)NC3CC3)nc2)CC1)NC. The maximum absolute atomic E-state index is 12.1. The van der Waals surface area contributed by atoms with Crippen molar-refractivity contribution >= 4 is 24.1 Å². The number of carbonyl (C=O) groups excluding carboxylic acids is 2. The highest BCUT2D eigenvalue weighted by atomic mass is 16.5. The average molecular weight is 469 g/mol. The van der Waals surface area contributed by atoms with Crippen LogP contribution in [-0.2, 0) is 9.53 Å². The fourth-order valence-electron chi connectivity index (χ4n) is 3.58. The van der Waals surface area contributed by atoms with Crippen LogP contribution in [0.15, 0.2) is 47.2 Å². The molecule has 1 unspecified atom stereocenters. The molecule has 0 bridgehead atoms. The van der Waals surface area contributed by atoms with E-state index in [1.807, 2.05) is 26.1 Å². The molecule has 0 spiro atoms. The second-order valence-electron chi connectivity index (χ2n) is 8.60. The van der Waals surface area contributed by atoms with Crippen LogP contribution < -0.4 is 15.5 Å². The molecule has 34 heavy (non-hydrogen) atoms. The lowest BCUT2D eigenvalue weighted by molar-refractivity contribution is -0.118. The highest BCUT2D eigenvalue weighted by molar-refractivity contribution is 5.92. The lowest BCUT2D eigenvalue weighted by atomic mass is 10.2. The maximum Gasteiger partial charge on any atom is 0.270 e. The Morgan fingerprint density at radius 3 is 2.68 bits per heavy atom. The lowest BCUT2D eigenvalue weighted by Gasteiger charge is -2.36. The van der Waals surface area contributed by atoms with E-state index in [0.29, 0.717) is 18.2 Å². The van der Waals surface area contributed by atoms with Crippen LogP contribution in [0, 0.1) is 0 Å². The third-order valence-corrected chi connectivity index (χ3v) is 5.89. The average Bonchev–Trinajstić information content (AvgIpc) is 3.68. The molecule has 1 aliphatic carbocycles. The van der Waals surface area contributed by atoms with Crippen LogP contribution in [0.3, 0.4) is 0 Å².